The summed E-state index contributed by atoms with van der Waals surface area (Å²) in [4.78, 5) is 0. The molecule has 0 heterocycles. The molecule has 0 bridgehead atoms. The summed E-state index contributed by atoms with van der Waals surface area (Å²) in [6, 6.07) is 44.2. The molecule has 0 saturated carbocycles. The van der Waals surface area contributed by atoms with Gasteiger partial charge in [-0.1, -0.05) is 0 Å². The van der Waals surface area contributed by atoms with Gasteiger partial charge in [0, 0.05) is 0 Å². The summed E-state index contributed by atoms with van der Waals surface area (Å²) < 4.78 is 0. The van der Waals surface area contributed by atoms with Crippen LogP contribution in [0.15, 0.2) is 121 Å². The van der Waals surface area contributed by atoms with Crippen LogP contribution in [0.3, 0.4) is 0 Å². The fourth-order valence-electron chi connectivity index (χ4n) is 3.88. The molecular formula is C25H26Cl3P. The first-order valence-corrected chi connectivity index (χ1v) is 11.3. The topological polar surface area (TPSA) is 0 Å². The van der Waals surface area contributed by atoms with E-state index in [4.69, 9.17) is 0 Å². The number of hydrogen-bond acceptors (Lipinski definition) is 0. The zero-order valence-electron chi connectivity index (χ0n) is 16.0. The second kappa shape index (κ2) is 12.0. The fourth-order valence-corrected chi connectivity index (χ4v) is 8.62. The average molecular weight is 464 g/mol. The molecule has 0 spiro atoms. The van der Waals surface area contributed by atoms with E-state index >= 15 is 0 Å². The van der Waals surface area contributed by atoms with E-state index in [0.717, 1.165) is 6.16 Å². The van der Waals surface area contributed by atoms with E-state index in [1.54, 1.807) is 0 Å². The Morgan fingerprint density at radius 3 is 0.966 bits per heavy atom. The van der Waals surface area contributed by atoms with Crippen molar-refractivity contribution in [3.05, 3.63) is 127 Å². The van der Waals surface area contributed by atoms with E-state index in [0.29, 0.717) is 0 Å². The van der Waals surface area contributed by atoms with Gasteiger partial charge in [0.25, 0.3) is 0 Å². The van der Waals surface area contributed by atoms with Crippen molar-refractivity contribution in [1.29, 1.82) is 0 Å². The van der Waals surface area contributed by atoms with Crippen LogP contribution >= 0.6 is 44.5 Å². The first-order chi connectivity index (χ1) is 12.9. The van der Waals surface area contributed by atoms with Crippen molar-refractivity contribution < 1.29 is 0 Å². The summed E-state index contributed by atoms with van der Waals surface area (Å²) in [5, 5.41) is 4.38. The number of halogens is 3. The predicted molar refractivity (Wildman–Crippen MR) is 138 cm³/mol. The molecule has 4 aromatic rings. The summed E-state index contributed by atoms with van der Waals surface area (Å²) >= 11 is 0. The normalized spacial score (nSPS) is 10.6. The van der Waals surface area contributed by atoms with Crippen molar-refractivity contribution in [2.75, 3.05) is 0 Å². The molecule has 29 heavy (non-hydrogen) atoms. The summed E-state index contributed by atoms with van der Waals surface area (Å²) in [5.74, 6) is 0. The molecule has 4 rings (SSSR count). The van der Waals surface area contributed by atoms with Gasteiger partial charge in [-0.3, -0.25) is 0 Å². The summed E-state index contributed by atoms with van der Waals surface area (Å²) in [6.45, 7) is 0. The summed E-state index contributed by atoms with van der Waals surface area (Å²) in [6.07, 6.45) is 1.06. The van der Waals surface area contributed by atoms with E-state index in [2.05, 4.69) is 121 Å². The quantitative estimate of drug-likeness (QED) is 0.310. The third kappa shape index (κ3) is 5.41. The molecule has 0 radical (unpaired) electrons. The second-order valence-corrected chi connectivity index (χ2v) is 10.6. The first kappa shape index (κ1) is 25.2. The Bertz CT molecular complexity index is 850. The third-order valence-corrected chi connectivity index (χ3v) is 10.0. The Labute approximate surface area is 193 Å². The minimum atomic E-state index is -2.16. The molecule has 0 aliphatic rings. The molecule has 0 aromatic heterocycles. The van der Waals surface area contributed by atoms with Gasteiger partial charge in [-0.05, 0) is 0 Å². The zero-order chi connectivity index (χ0) is 17.7. The van der Waals surface area contributed by atoms with E-state index < -0.39 is 7.26 Å². The molecule has 0 aliphatic carbocycles. The molecule has 0 saturated heterocycles. The van der Waals surface area contributed by atoms with Crippen LogP contribution in [0.25, 0.3) is 0 Å². The maximum absolute atomic E-state index is 2.31. The van der Waals surface area contributed by atoms with Crippen LogP contribution < -0.4 is 15.9 Å². The molecule has 0 amide bonds. The second-order valence-electron chi connectivity index (χ2n) is 6.67. The van der Waals surface area contributed by atoms with Gasteiger partial charge < -0.3 is 0 Å². The molecule has 0 N–H and O–H groups in total. The predicted octanol–water partition coefficient (Wildman–Crippen LogP) is 6.18. The van der Waals surface area contributed by atoms with Gasteiger partial charge in [0.1, 0.15) is 0 Å². The SMILES string of the molecule is Cl.Cl.Cl.c1ccc(C[PH](c2ccccc2)(c2ccccc2)c2ccccc2)cc1. The van der Waals surface area contributed by atoms with Gasteiger partial charge in [-0.2, -0.15) is 0 Å². The van der Waals surface area contributed by atoms with Gasteiger partial charge in [-0.15, -0.1) is 37.2 Å². The molecule has 4 aromatic carbocycles. The van der Waals surface area contributed by atoms with Crippen LogP contribution in [0, 0.1) is 0 Å². The molecule has 4 heteroatoms. The fraction of sp³-hybridized carbons (Fsp3) is 0.0400. The van der Waals surface area contributed by atoms with Gasteiger partial charge >= 0.3 is 156 Å². The molecule has 0 unspecified atom stereocenters. The van der Waals surface area contributed by atoms with Gasteiger partial charge in [0.2, 0.25) is 0 Å². The molecule has 0 atom stereocenters. The van der Waals surface area contributed by atoms with Crippen LogP contribution in [0.1, 0.15) is 5.56 Å². The van der Waals surface area contributed by atoms with E-state index in [1.165, 1.54) is 21.5 Å². The first-order valence-electron chi connectivity index (χ1n) is 9.10. The van der Waals surface area contributed by atoms with Crippen molar-refractivity contribution in [1.82, 2.24) is 0 Å². The van der Waals surface area contributed by atoms with Crippen LogP contribution in [-0.4, -0.2) is 0 Å². The monoisotopic (exact) mass is 462 g/mol. The number of benzene rings is 4. The molecule has 152 valence electrons. The van der Waals surface area contributed by atoms with Crippen molar-refractivity contribution in [3.63, 3.8) is 0 Å². The molecule has 0 nitrogen and oxygen atoms in total. The van der Waals surface area contributed by atoms with E-state index in [1.807, 2.05) is 0 Å². The Morgan fingerprint density at radius 1 is 0.379 bits per heavy atom. The van der Waals surface area contributed by atoms with E-state index in [-0.39, 0.29) is 37.2 Å². The van der Waals surface area contributed by atoms with Crippen LogP contribution in [0.2, 0.25) is 0 Å². The Hall–Kier alpha value is -1.82. The Balaban J connectivity index is 0.00000140. The van der Waals surface area contributed by atoms with Gasteiger partial charge in [0.05, 0.1) is 0 Å². The van der Waals surface area contributed by atoms with Crippen molar-refractivity contribution in [3.8, 4) is 0 Å². The molecule has 0 aliphatic heterocycles. The van der Waals surface area contributed by atoms with Gasteiger partial charge in [-0.25, -0.2) is 0 Å². The van der Waals surface area contributed by atoms with Crippen molar-refractivity contribution >= 4 is 60.4 Å². The van der Waals surface area contributed by atoms with Gasteiger partial charge in [0.15, 0.2) is 0 Å². The number of rotatable bonds is 5. The van der Waals surface area contributed by atoms with Crippen molar-refractivity contribution in [2.45, 2.75) is 6.16 Å². The van der Waals surface area contributed by atoms with Crippen LogP contribution in [0.5, 0.6) is 0 Å². The van der Waals surface area contributed by atoms with E-state index in [9.17, 15) is 0 Å². The molecule has 0 fully saturated rings. The van der Waals surface area contributed by atoms with Crippen molar-refractivity contribution in [2.24, 2.45) is 0 Å². The average Bonchev–Trinajstić information content (AvgIpc) is 2.75. The van der Waals surface area contributed by atoms with Crippen LogP contribution in [-0.2, 0) is 6.16 Å². The standard InChI is InChI=1S/C25H23P.3ClH/c1-5-13-22(14-6-1)21-26(23-15-7-2-8-16-23,24-17-9-3-10-18-24)25-19-11-4-12-20-25;;;/h1-20,26H,21H2;3*1H. The molecular weight excluding hydrogens is 438 g/mol. The third-order valence-electron chi connectivity index (χ3n) is 5.11. The number of hydrogen-bond donors (Lipinski definition) is 0. The Morgan fingerprint density at radius 2 is 0.655 bits per heavy atom. The minimum absolute atomic E-state index is 0. The summed E-state index contributed by atoms with van der Waals surface area (Å²) in [7, 11) is -2.16. The maximum atomic E-state index is 2.31. The Kier molecular flexibility index (Phi) is 10.4. The van der Waals surface area contributed by atoms with Crippen LogP contribution in [0.4, 0.5) is 0 Å². The zero-order valence-corrected chi connectivity index (χ0v) is 19.4. The summed E-state index contributed by atoms with van der Waals surface area (Å²) in [5.41, 5.74) is 1.40.